The molecule has 35 heavy (non-hydrogen) atoms. The molecule has 1 aromatic heterocycles. The first-order chi connectivity index (χ1) is 17.0. The number of halogens is 2. The molecule has 3 aromatic carbocycles. The minimum Gasteiger partial charge on any atom is -0.493 e. The molecule has 1 amide bonds. The summed E-state index contributed by atoms with van der Waals surface area (Å²) in [6.07, 6.45) is 1.18. The van der Waals surface area contributed by atoms with Crippen molar-refractivity contribution in [3.8, 4) is 34.0 Å². The summed E-state index contributed by atoms with van der Waals surface area (Å²) >= 11 is 6.19. The number of hydrogen-bond acceptors (Lipinski definition) is 6. The monoisotopic (exact) mass is 493 g/mol. The minimum absolute atomic E-state index is 0.0163. The number of benzene rings is 3. The molecular formula is C25H21ClFN5O3. The third-order valence-electron chi connectivity index (χ3n) is 6.22. The van der Waals surface area contributed by atoms with Crippen LogP contribution in [0.1, 0.15) is 18.4 Å². The molecule has 2 N–H and O–H groups in total. The number of hydrogen-bond donors (Lipinski definition) is 2. The molecule has 0 saturated heterocycles. The number of nitrogens with zero attached hydrogens (tertiary/aromatic N) is 3. The molecule has 0 radical (unpaired) electrons. The maximum atomic E-state index is 14.0. The predicted octanol–water partition coefficient (Wildman–Crippen LogP) is 5.01. The maximum Gasteiger partial charge on any atom is 0.235 e. The largest absolute Gasteiger partial charge is 0.493 e. The Hall–Kier alpha value is -3.98. The van der Waals surface area contributed by atoms with Gasteiger partial charge in [0, 0.05) is 11.3 Å². The zero-order valence-electron chi connectivity index (χ0n) is 18.9. The second-order valence-corrected chi connectivity index (χ2v) is 8.60. The van der Waals surface area contributed by atoms with E-state index < -0.39 is 11.2 Å². The third-order valence-corrected chi connectivity index (χ3v) is 6.61. The topological polar surface area (TPSA) is 102 Å². The lowest BCUT2D eigenvalue weighted by atomic mass is 9.94. The van der Waals surface area contributed by atoms with Crippen LogP contribution in [0.5, 0.6) is 11.5 Å². The van der Waals surface area contributed by atoms with Crippen LogP contribution in [-0.4, -0.2) is 40.8 Å². The number of amides is 1. The van der Waals surface area contributed by atoms with Crippen molar-refractivity contribution in [2.75, 3.05) is 19.5 Å². The van der Waals surface area contributed by atoms with E-state index in [0.717, 1.165) is 11.1 Å². The molecule has 4 aromatic rings. The highest BCUT2D eigenvalue weighted by molar-refractivity contribution is 6.32. The molecule has 1 fully saturated rings. The quantitative estimate of drug-likeness (QED) is 0.375. The van der Waals surface area contributed by atoms with Gasteiger partial charge in [0.15, 0.2) is 17.3 Å². The van der Waals surface area contributed by atoms with Crippen molar-refractivity contribution in [2.24, 2.45) is 0 Å². The zero-order valence-corrected chi connectivity index (χ0v) is 19.7. The normalized spacial score (nSPS) is 13.8. The molecule has 178 valence electrons. The van der Waals surface area contributed by atoms with E-state index in [0.29, 0.717) is 47.0 Å². The van der Waals surface area contributed by atoms with Crippen LogP contribution in [0.3, 0.4) is 0 Å². The Morgan fingerprint density at radius 2 is 1.86 bits per heavy atom. The molecule has 1 heterocycles. The van der Waals surface area contributed by atoms with Gasteiger partial charge in [0.25, 0.3) is 0 Å². The molecule has 5 rings (SSSR count). The smallest absolute Gasteiger partial charge is 0.235 e. The fourth-order valence-electron chi connectivity index (χ4n) is 4.21. The number of anilines is 1. The molecular weight excluding hydrogens is 473 g/mol. The van der Waals surface area contributed by atoms with E-state index in [1.807, 2.05) is 24.3 Å². The number of rotatable bonds is 7. The van der Waals surface area contributed by atoms with Gasteiger partial charge in [0.1, 0.15) is 5.82 Å². The molecule has 8 nitrogen and oxygen atoms in total. The molecule has 0 aliphatic heterocycles. The average molecular weight is 494 g/mol. The average Bonchev–Trinajstić information content (AvgIpc) is 3.50. The molecule has 0 atom stereocenters. The fraction of sp³-hybridized carbons (Fsp3) is 0.200. The molecule has 0 bridgehead atoms. The lowest BCUT2D eigenvalue weighted by molar-refractivity contribution is -0.118. The molecule has 10 heteroatoms. The molecule has 0 unspecified atom stereocenters. The van der Waals surface area contributed by atoms with E-state index in [4.69, 9.17) is 21.1 Å². The lowest BCUT2D eigenvalue weighted by Crippen LogP contribution is -2.28. The van der Waals surface area contributed by atoms with Gasteiger partial charge in [-0.15, -0.1) is 5.10 Å². The Labute approximate surface area is 205 Å². The summed E-state index contributed by atoms with van der Waals surface area (Å²) in [6, 6.07) is 15.6. The molecule has 1 aliphatic carbocycles. The van der Waals surface area contributed by atoms with Crippen LogP contribution in [0.25, 0.3) is 22.5 Å². The standard InChI is InChI=1S/C25H21ClFN5O3/c1-34-20-9-6-14(12-21(20)35-2)16-8-7-15(13-17(16)23-29-31-32-30-23)28-24(33)25(10-11-25)18-4-3-5-19(27)22(18)26/h3-9,12-13H,10-11H2,1-2H3,(H,28,33)(H,29,30,31,32). The van der Waals surface area contributed by atoms with Crippen molar-refractivity contribution in [2.45, 2.75) is 18.3 Å². The summed E-state index contributed by atoms with van der Waals surface area (Å²) in [6.45, 7) is 0. The van der Waals surface area contributed by atoms with Gasteiger partial charge in [-0.25, -0.2) is 9.49 Å². The number of aromatic nitrogens is 4. The van der Waals surface area contributed by atoms with Crippen molar-refractivity contribution < 1.29 is 18.7 Å². The van der Waals surface area contributed by atoms with Gasteiger partial charge >= 0.3 is 0 Å². The summed E-state index contributed by atoms with van der Waals surface area (Å²) in [7, 11) is 3.14. The van der Waals surface area contributed by atoms with Crippen LogP contribution in [-0.2, 0) is 10.2 Å². The Bertz CT molecular complexity index is 1410. The van der Waals surface area contributed by atoms with Crippen LogP contribution < -0.4 is 14.8 Å². The van der Waals surface area contributed by atoms with Crippen molar-refractivity contribution in [3.05, 3.63) is 71.0 Å². The van der Waals surface area contributed by atoms with E-state index in [1.165, 1.54) is 6.07 Å². The van der Waals surface area contributed by atoms with E-state index in [2.05, 4.69) is 25.9 Å². The highest BCUT2D eigenvalue weighted by Gasteiger charge is 2.52. The van der Waals surface area contributed by atoms with Gasteiger partial charge < -0.3 is 14.8 Å². The highest BCUT2D eigenvalue weighted by atomic mass is 35.5. The number of methoxy groups -OCH3 is 2. The first kappa shape index (κ1) is 22.8. The Balaban J connectivity index is 1.51. The molecule has 1 aliphatic rings. The van der Waals surface area contributed by atoms with Crippen LogP contribution in [0, 0.1) is 5.82 Å². The summed E-state index contributed by atoms with van der Waals surface area (Å²) in [5.41, 5.74) is 2.53. The van der Waals surface area contributed by atoms with Gasteiger partial charge in [-0.3, -0.25) is 4.79 Å². The Morgan fingerprint density at radius 1 is 1.06 bits per heavy atom. The summed E-state index contributed by atoms with van der Waals surface area (Å²) in [5.74, 6) is 0.828. The fourth-order valence-corrected chi connectivity index (χ4v) is 4.52. The van der Waals surface area contributed by atoms with Gasteiger partial charge in [-0.2, -0.15) is 0 Å². The van der Waals surface area contributed by atoms with Gasteiger partial charge in [0.2, 0.25) is 5.91 Å². The second kappa shape index (κ2) is 8.99. The summed E-state index contributed by atoms with van der Waals surface area (Å²) < 4.78 is 24.8. The number of ether oxygens (including phenoxy) is 2. The van der Waals surface area contributed by atoms with Crippen LogP contribution in [0.4, 0.5) is 10.1 Å². The summed E-state index contributed by atoms with van der Waals surface area (Å²) in [5, 5.41) is 17.2. The number of tetrazole rings is 1. The SMILES string of the molecule is COc1ccc(-c2ccc(NC(=O)C3(c4cccc(F)c4Cl)CC3)cc2-c2nnn[nH]2)cc1OC. The van der Waals surface area contributed by atoms with Gasteiger partial charge in [-0.1, -0.05) is 35.9 Å². The van der Waals surface area contributed by atoms with E-state index in [-0.39, 0.29) is 10.9 Å². The molecule has 0 spiro atoms. The van der Waals surface area contributed by atoms with Crippen molar-refractivity contribution in [3.63, 3.8) is 0 Å². The second-order valence-electron chi connectivity index (χ2n) is 8.22. The first-order valence-electron chi connectivity index (χ1n) is 10.8. The number of carbonyl (C=O) groups is 1. The van der Waals surface area contributed by atoms with E-state index in [9.17, 15) is 9.18 Å². The predicted molar refractivity (Wildman–Crippen MR) is 129 cm³/mol. The lowest BCUT2D eigenvalue weighted by Gasteiger charge is -2.18. The number of nitrogens with one attached hydrogen (secondary N) is 2. The maximum absolute atomic E-state index is 14.0. The highest BCUT2D eigenvalue weighted by Crippen LogP contribution is 2.51. The van der Waals surface area contributed by atoms with Crippen molar-refractivity contribution in [1.82, 2.24) is 20.6 Å². The van der Waals surface area contributed by atoms with Crippen LogP contribution >= 0.6 is 11.6 Å². The van der Waals surface area contributed by atoms with Gasteiger partial charge in [-0.05, 0) is 70.3 Å². The third kappa shape index (κ3) is 4.08. The summed E-state index contributed by atoms with van der Waals surface area (Å²) in [4.78, 5) is 13.3. The zero-order chi connectivity index (χ0) is 24.6. The molecule has 1 saturated carbocycles. The van der Waals surface area contributed by atoms with Crippen LogP contribution in [0.15, 0.2) is 54.6 Å². The minimum atomic E-state index is -0.852. The van der Waals surface area contributed by atoms with Crippen molar-refractivity contribution in [1.29, 1.82) is 0 Å². The first-order valence-corrected chi connectivity index (χ1v) is 11.2. The van der Waals surface area contributed by atoms with Gasteiger partial charge in [0.05, 0.1) is 24.7 Å². The number of aromatic amines is 1. The van der Waals surface area contributed by atoms with E-state index >= 15 is 0 Å². The van der Waals surface area contributed by atoms with Crippen LogP contribution in [0.2, 0.25) is 5.02 Å². The number of H-pyrrole nitrogens is 1. The van der Waals surface area contributed by atoms with Crippen molar-refractivity contribution >= 4 is 23.2 Å². The number of carbonyl (C=O) groups excluding carboxylic acids is 1. The Morgan fingerprint density at radius 3 is 2.54 bits per heavy atom. The van der Waals surface area contributed by atoms with E-state index in [1.54, 1.807) is 38.5 Å². The Kier molecular flexibility index (Phi) is 5.86.